The first kappa shape index (κ1) is 23.2. The first-order valence-corrected chi connectivity index (χ1v) is 13.6. The number of aromatic amines is 1. The van der Waals surface area contributed by atoms with Crippen LogP contribution in [-0.2, 0) is 0 Å². The van der Waals surface area contributed by atoms with Gasteiger partial charge < -0.3 is 15.0 Å². The first-order chi connectivity index (χ1) is 20.3. The second kappa shape index (κ2) is 9.50. The van der Waals surface area contributed by atoms with Crippen LogP contribution in [0, 0.1) is 0 Å². The lowest BCUT2D eigenvalue weighted by Gasteiger charge is -2.17. The van der Waals surface area contributed by atoms with Gasteiger partial charge in [0.2, 0.25) is 5.88 Å². The SMILES string of the molecule is C1=Cc2cccc(-c3ccccn3)c2Nc2c1cccc2Oc1cccc(-c2cccc3c2[nH]c2ccccc23)n1. The number of benzene rings is 4. The smallest absolute Gasteiger partial charge is 0.219 e. The van der Waals surface area contributed by atoms with Gasteiger partial charge in [0.1, 0.15) is 0 Å². The first-order valence-electron chi connectivity index (χ1n) is 13.6. The highest BCUT2D eigenvalue weighted by molar-refractivity contribution is 6.11. The van der Waals surface area contributed by atoms with Gasteiger partial charge in [0.05, 0.1) is 28.3 Å². The molecule has 0 saturated carbocycles. The van der Waals surface area contributed by atoms with Crippen molar-refractivity contribution in [1.82, 2.24) is 15.0 Å². The molecule has 0 aliphatic carbocycles. The van der Waals surface area contributed by atoms with Crippen molar-refractivity contribution in [1.29, 1.82) is 0 Å². The van der Waals surface area contributed by atoms with Crippen LogP contribution in [0.25, 0.3) is 56.5 Å². The van der Waals surface area contributed by atoms with E-state index in [4.69, 9.17) is 9.72 Å². The second-order valence-corrected chi connectivity index (χ2v) is 10.0. The zero-order chi connectivity index (χ0) is 27.2. The van der Waals surface area contributed by atoms with Crippen molar-refractivity contribution in [2.75, 3.05) is 5.32 Å². The summed E-state index contributed by atoms with van der Waals surface area (Å²) in [6.07, 6.45) is 6.06. The fraction of sp³-hybridized carbons (Fsp3) is 0. The zero-order valence-corrected chi connectivity index (χ0v) is 22.0. The molecule has 3 aromatic heterocycles. The molecule has 8 rings (SSSR count). The van der Waals surface area contributed by atoms with Crippen LogP contribution in [0.4, 0.5) is 11.4 Å². The van der Waals surface area contributed by atoms with E-state index in [1.807, 2.05) is 60.8 Å². The molecule has 0 atom stereocenters. The summed E-state index contributed by atoms with van der Waals surface area (Å²) in [5.74, 6) is 1.22. The van der Waals surface area contributed by atoms with E-state index >= 15 is 0 Å². The summed E-state index contributed by atoms with van der Waals surface area (Å²) in [5.41, 5.74) is 9.99. The monoisotopic (exact) mass is 528 g/mol. The molecule has 1 aliphatic heterocycles. The molecular formula is C36H24N4O. The molecule has 0 radical (unpaired) electrons. The number of hydrogen-bond donors (Lipinski definition) is 2. The quantitative estimate of drug-likeness (QED) is 0.239. The molecule has 194 valence electrons. The average Bonchev–Trinajstić information content (AvgIpc) is 3.29. The van der Waals surface area contributed by atoms with E-state index in [0.717, 1.165) is 56.0 Å². The van der Waals surface area contributed by atoms with Crippen LogP contribution in [0.15, 0.2) is 121 Å². The molecular weight excluding hydrogens is 504 g/mol. The molecule has 0 amide bonds. The third kappa shape index (κ3) is 4.03. The summed E-state index contributed by atoms with van der Waals surface area (Å²) in [5, 5.41) is 6.06. The van der Waals surface area contributed by atoms with Crippen molar-refractivity contribution in [2.24, 2.45) is 0 Å². The maximum Gasteiger partial charge on any atom is 0.219 e. The molecule has 0 fully saturated rings. The summed E-state index contributed by atoms with van der Waals surface area (Å²) in [4.78, 5) is 13.1. The minimum absolute atomic E-state index is 0.525. The van der Waals surface area contributed by atoms with Crippen molar-refractivity contribution < 1.29 is 4.74 Å². The van der Waals surface area contributed by atoms with Crippen molar-refractivity contribution in [3.05, 3.63) is 133 Å². The number of rotatable bonds is 4. The van der Waals surface area contributed by atoms with Gasteiger partial charge in [0, 0.05) is 45.2 Å². The molecule has 4 aromatic carbocycles. The zero-order valence-electron chi connectivity index (χ0n) is 22.0. The van der Waals surface area contributed by atoms with Crippen LogP contribution in [-0.4, -0.2) is 15.0 Å². The Morgan fingerprint density at radius 2 is 1.29 bits per heavy atom. The van der Waals surface area contributed by atoms with E-state index in [1.54, 1.807) is 0 Å². The molecule has 5 nitrogen and oxygen atoms in total. The Labute approximate surface area is 236 Å². The average molecular weight is 529 g/mol. The topological polar surface area (TPSA) is 62.8 Å². The fourth-order valence-electron chi connectivity index (χ4n) is 5.62. The molecule has 1 aliphatic rings. The number of nitrogens with zero attached hydrogens (tertiary/aromatic N) is 2. The Morgan fingerprint density at radius 1 is 0.561 bits per heavy atom. The number of ether oxygens (including phenoxy) is 1. The predicted molar refractivity (Wildman–Crippen MR) is 167 cm³/mol. The lowest BCUT2D eigenvalue weighted by Crippen LogP contribution is -2.00. The number of H-pyrrole nitrogens is 1. The van der Waals surface area contributed by atoms with Crippen molar-refractivity contribution in [3.63, 3.8) is 0 Å². The molecule has 5 heteroatoms. The van der Waals surface area contributed by atoms with E-state index in [9.17, 15) is 0 Å². The van der Waals surface area contributed by atoms with Crippen LogP contribution in [0.2, 0.25) is 0 Å². The third-order valence-electron chi connectivity index (χ3n) is 7.54. The maximum absolute atomic E-state index is 6.49. The van der Waals surface area contributed by atoms with Gasteiger partial charge in [-0.2, -0.15) is 0 Å². The molecule has 0 spiro atoms. The normalized spacial score (nSPS) is 12.0. The lowest BCUT2D eigenvalue weighted by molar-refractivity contribution is 0.465. The standard InChI is InChI=1S/C36H24N4O/c1-2-16-30-25(11-1)26-12-7-14-28(36(26)39-30)31-17-8-19-33(38-31)41-32-18-6-10-24-21-20-23-9-5-13-27(34(23)40-35(24)32)29-15-3-4-22-37-29/h1-22,39-40H. The van der Waals surface area contributed by atoms with Gasteiger partial charge in [-0.1, -0.05) is 91.0 Å². The minimum Gasteiger partial charge on any atom is -0.437 e. The summed E-state index contributed by atoms with van der Waals surface area (Å²) < 4.78 is 6.49. The van der Waals surface area contributed by atoms with Gasteiger partial charge in [-0.15, -0.1) is 0 Å². The van der Waals surface area contributed by atoms with Gasteiger partial charge >= 0.3 is 0 Å². The molecule has 4 heterocycles. The minimum atomic E-state index is 0.525. The van der Waals surface area contributed by atoms with Gasteiger partial charge in [0.15, 0.2) is 5.75 Å². The lowest BCUT2D eigenvalue weighted by atomic mass is 10.0. The molecule has 0 saturated heterocycles. The summed E-state index contributed by atoms with van der Waals surface area (Å²) in [7, 11) is 0. The van der Waals surface area contributed by atoms with Crippen molar-refractivity contribution in [3.8, 4) is 34.1 Å². The Kier molecular flexibility index (Phi) is 5.38. The molecule has 41 heavy (non-hydrogen) atoms. The van der Waals surface area contributed by atoms with Crippen LogP contribution in [0.3, 0.4) is 0 Å². The van der Waals surface area contributed by atoms with Crippen LogP contribution in [0.5, 0.6) is 11.6 Å². The van der Waals surface area contributed by atoms with Crippen LogP contribution < -0.4 is 10.1 Å². The van der Waals surface area contributed by atoms with E-state index in [2.05, 4.69) is 88.1 Å². The summed E-state index contributed by atoms with van der Waals surface area (Å²) in [6.45, 7) is 0. The Bertz CT molecular complexity index is 2110. The summed E-state index contributed by atoms with van der Waals surface area (Å²) in [6, 6.07) is 38.9. The van der Waals surface area contributed by atoms with Gasteiger partial charge in [-0.05, 0) is 35.9 Å². The third-order valence-corrected chi connectivity index (χ3v) is 7.54. The Morgan fingerprint density at radius 3 is 2.20 bits per heavy atom. The number of anilines is 2. The van der Waals surface area contributed by atoms with E-state index in [0.29, 0.717) is 11.6 Å². The molecule has 0 bridgehead atoms. The molecule has 7 aromatic rings. The van der Waals surface area contributed by atoms with E-state index in [1.165, 1.54) is 10.8 Å². The number of hydrogen-bond acceptors (Lipinski definition) is 4. The van der Waals surface area contributed by atoms with Crippen molar-refractivity contribution >= 4 is 45.3 Å². The van der Waals surface area contributed by atoms with Gasteiger partial charge in [-0.25, -0.2) is 4.98 Å². The van der Waals surface area contributed by atoms with Gasteiger partial charge in [0.25, 0.3) is 0 Å². The largest absolute Gasteiger partial charge is 0.437 e. The van der Waals surface area contributed by atoms with Crippen LogP contribution in [0.1, 0.15) is 11.1 Å². The summed E-state index contributed by atoms with van der Waals surface area (Å²) >= 11 is 0. The highest BCUT2D eigenvalue weighted by atomic mass is 16.5. The Balaban J connectivity index is 1.19. The van der Waals surface area contributed by atoms with Crippen LogP contribution >= 0.6 is 0 Å². The highest BCUT2D eigenvalue weighted by Crippen LogP contribution is 2.42. The predicted octanol–water partition coefficient (Wildman–Crippen LogP) is 9.46. The number of aromatic nitrogens is 3. The van der Waals surface area contributed by atoms with Gasteiger partial charge in [-0.3, -0.25) is 4.98 Å². The Hall–Kier alpha value is -5.68. The van der Waals surface area contributed by atoms with E-state index in [-0.39, 0.29) is 0 Å². The highest BCUT2D eigenvalue weighted by Gasteiger charge is 2.18. The number of para-hydroxylation sites is 4. The van der Waals surface area contributed by atoms with E-state index < -0.39 is 0 Å². The number of fused-ring (bicyclic) bond motifs is 5. The molecule has 0 unspecified atom stereocenters. The number of nitrogens with one attached hydrogen (secondary N) is 2. The maximum atomic E-state index is 6.49. The molecule has 2 N–H and O–H groups in total. The number of pyridine rings is 2. The fourth-order valence-corrected chi connectivity index (χ4v) is 5.62. The van der Waals surface area contributed by atoms with Crippen molar-refractivity contribution in [2.45, 2.75) is 0 Å². The second-order valence-electron chi connectivity index (χ2n) is 10.0.